The molecule has 2 N–H and O–H groups in total. The summed E-state index contributed by atoms with van der Waals surface area (Å²) in [6.45, 7) is 10.0. The number of nitrogens with zero attached hydrogens (tertiary/aromatic N) is 2. The Kier molecular flexibility index (Phi) is 8.78. The lowest BCUT2D eigenvalue weighted by molar-refractivity contribution is -0.135. The molecular weight excluding hydrogens is 440 g/mol. The van der Waals surface area contributed by atoms with Gasteiger partial charge in [-0.1, -0.05) is 38.5 Å². The van der Waals surface area contributed by atoms with Crippen LogP contribution in [0.2, 0.25) is 0 Å². The number of anilines is 3. The first-order chi connectivity index (χ1) is 16.5. The number of rotatable bonds is 8. The zero-order chi connectivity index (χ0) is 25.6. The lowest BCUT2D eigenvalue weighted by Crippen LogP contribution is -2.38. The van der Waals surface area contributed by atoms with Crippen molar-refractivity contribution in [2.45, 2.75) is 59.6 Å². The number of ether oxygens (including phenoxy) is 1. The molecule has 0 aliphatic carbocycles. The first kappa shape index (κ1) is 26.5. The van der Waals surface area contributed by atoms with Crippen molar-refractivity contribution in [3.8, 4) is 0 Å². The highest BCUT2D eigenvalue weighted by atomic mass is 16.5. The van der Waals surface area contributed by atoms with E-state index in [1.807, 2.05) is 73.3 Å². The number of carbonyl (C=O) groups is 2. The molecule has 1 fully saturated rings. The predicted molar refractivity (Wildman–Crippen MR) is 143 cm³/mol. The number of urea groups is 1. The minimum Gasteiger partial charge on any atom is -0.377 e. The molecule has 1 aliphatic heterocycles. The number of hydrogen-bond acceptors (Lipinski definition) is 4. The number of carbonyl (C=O) groups excluding carboxylic acids is 2. The second-order valence-corrected chi connectivity index (χ2v) is 10.8. The van der Waals surface area contributed by atoms with Crippen LogP contribution < -0.4 is 15.5 Å². The standard InChI is InChI=1S/C28H40N4O3/c1-20-9-11-22(12-10-20)29-27(34)30-23-13-14-25(31(5)6)21(16-23)18-32(19-24-8-7-15-35-24)26(33)17-28(2,3)4/h9-14,16,24H,7-8,15,17-19H2,1-6H3,(H2,29,30,34). The maximum Gasteiger partial charge on any atom is 0.323 e. The molecule has 1 heterocycles. The predicted octanol–water partition coefficient (Wildman–Crippen LogP) is 5.65. The van der Waals surface area contributed by atoms with Gasteiger partial charge in [-0.15, -0.1) is 0 Å². The van der Waals surface area contributed by atoms with E-state index in [1.54, 1.807) is 0 Å². The molecule has 1 atom stereocenters. The number of nitrogens with one attached hydrogen (secondary N) is 2. The Morgan fingerprint density at radius 3 is 2.29 bits per heavy atom. The van der Waals surface area contributed by atoms with Crippen LogP contribution in [-0.4, -0.2) is 50.2 Å². The smallest absolute Gasteiger partial charge is 0.323 e. The topological polar surface area (TPSA) is 73.9 Å². The SMILES string of the molecule is Cc1ccc(NC(=O)Nc2ccc(N(C)C)c(CN(CC3CCCO3)C(=O)CC(C)(C)C)c2)cc1. The molecule has 0 radical (unpaired) electrons. The molecule has 0 spiro atoms. The summed E-state index contributed by atoms with van der Waals surface area (Å²) in [5, 5.41) is 5.79. The van der Waals surface area contributed by atoms with E-state index in [2.05, 4.69) is 31.4 Å². The molecular formula is C28H40N4O3. The zero-order valence-electron chi connectivity index (χ0n) is 22.0. The molecule has 1 unspecified atom stereocenters. The van der Waals surface area contributed by atoms with Crippen LogP contribution in [0, 0.1) is 12.3 Å². The molecule has 1 aliphatic rings. The van der Waals surface area contributed by atoms with E-state index in [1.165, 1.54) is 0 Å². The summed E-state index contributed by atoms with van der Waals surface area (Å²) in [6.07, 6.45) is 2.54. The van der Waals surface area contributed by atoms with Crippen LogP contribution in [0.25, 0.3) is 0 Å². The van der Waals surface area contributed by atoms with Crippen molar-refractivity contribution in [2.75, 3.05) is 42.8 Å². The van der Waals surface area contributed by atoms with Gasteiger partial charge in [-0.05, 0) is 61.1 Å². The van der Waals surface area contributed by atoms with Crippen LogP contribution in [0.5, 0.6) is 0 Å². The summed E-state index contributed by atoms with van der Waals surface area (Å²) >= 11 is 0. The second kappa shape index (κ2) is 11.6. The summed E-state index contributed by atoms with van der Waals surface area (Å²) in [4.78, 5) is 29.8. The molecule has 190 valence electrons. The Bertz CT molecular complexity index is 1010. The van der Waals surface area contributed by atoms with Crippen molar-refractivity contribution in [3.05, 3.63) is 53.6 Å². The zero-order valence-corrected chi connectivity index (χ0v) is 22.0. The Hall–Kier alpha value is -3.06. The molecule has 35 heavy (non-hydrogen) atoms. The van der Waals surface area contributed by atoms with Crippen LogP contribution >= 0.6 is 0 Å². The highest BCUT2D eigenvalue weighted by molar-refractivity contribution is 6.00. The summed E-state index contributed by atoms with van der Waals surface area (Å²) in [5.74, 6) is 0.119. The first-order valence-corrected chi connectivity index (χ1v) is 12.3. The van der Waals surface area contributed by atoms with Gasteiger partial charge in [-0.3, -0.25) is 4.79 Å². The van der Waals surface area contributed by atoms with Gasteiger partial charge in [-0.2, -0.15) is 0 Å². The lowest BCUT2D eigenvalue weighted by Gasteiger charge is -2.30. The fourth-order valence-electron chi connectivity index (χ4n) is 4.22. The Morgan fingerprint density at radius 2 is 1.69 bits per heavy atom. The average Bonchev–Trinajstić information content (AvgIpc) is 3.27. The van der Waals surface area contributed by atoms with Crippen molar-refractivity contribution >= 4 is 29.0 Å². The van der Waals surface area contributed by atoms with Gasteiger partial charge in [0.15, 0.2) is 0 Å². The molecule has 1 saturated heterocycles. The number of aryl methyl sites for hydroxylation is 1. The van der Waals surface area contributed by atoms with E-state index in [4.69, 9.17) is 4.74 Å². The second-order valence-electron chi connectivity index (χ2n) is 10.8. The average molecular weight is 481 g/mol. The third-order valence-electron chi connectivity index (χ3n) is 5.97. The minimum absolute atomic E-state index is 0.0725. The van der Waals surface area contributed by atoms with Gasteiger partial charge in [0.25, 0.3) is 0 Å². The van der Waals surface area contributed by atoms with Gasteiger partial charge in [0.2, 0.25) is 5.91 Å². The Balaban J connectivity index is 1.79. The third kappa shape index (κ3) is 8.28. The molecule has 3 amide bonds. The molecule has 7 heteroatoms. The Labute approximate surface area is 209 Å². The van der Waals surface area contributed by atoms with Crippen molar-refractivity contribution < 1.29 is 14.3 Å². The molecule has 3 rings (SSSR count). The van der Waals surface area contributed by atoms with Crippen LogP contribution in [-0.2, 0) is 16.1 Å². The molecule has 2 aromatic carbocycles. The normalized spacial score (nSPS) is 15.5. The van der Waals surface area contributed by atoms with Gasteiger partial charge >= 0.3 is 6.03 Å². The monoisotopic (exact) mass is 480 g/mol. The number of hydrogen-bond donors (Lipinski definition) is 2. The summed E-state index contributed by atoms with van der Waals surface area (Å²) < 4.78 is 5.85. The molecule has 7 nitrogen and oxygen atoms in total. The maximum atomic E-state index is 13.3. The lowest BCUT2D eigenvalue weighted by atomic mass is 9.91. The summed E-state index contributed by atoms with van der Waals surface area (Å²) in [7, 11) is 3.97. The number of amides is 3. The van der Waals surface area contributed by atoms with Crippen LogP contribution in [0.15, 0.2) is 42.5 Å². The quantitative estimate of drug-likeness (QED) is 0.512. The van der Waals surface area contributed by atoms with E-state index >= 15 is 0 Å². The summed E-state index contributed by atoms with van der Waals surface area (Å²) in [5.41, 5.74) is 4.42. The van der Waals surface area contributed by atoms with Crippen molar-refractivity contribution in [3.63, 3.8) is 0 Å². The van der Waals surface area contributed by atoms with Gasteiger partial charge in [-0.25, -0.2) is 4.79 Å². The maximum absolute atomic E-state index is 13.3. The van der Waals surface area contributed by atoms with E-state index in [0.29, 0.717) is 25.2 Å². The van der Waals surface area contributed by atoms with E-state index in [9.17, 15) is 9.59 Å². The van der Waals surface area contributed by atoms with Crippen molar-refractivity contribution in [2.24, 2.45) is 5.41 Å². The largest absolute Gasteiger partial charge is 0.377 e. The molecule has 2 aromatic rings. The van der Waals surface area contributed by atoms with Crippen LogP contribution in [0.4, 0.5) is 21.9 Å². The van der Waals surface area contributed by atoms with Crippen molar-refractivity contribution in [1.29, 1.82) is 0 Å². The highest BCUT2D eigenvalue weighted by Gasteiger charge is 2.26. The molecule has 0 saturated carbocycles. The van der Waals surface area contributed by atoms with Crippen LogP contribution in [0.1, 0.15) is 51.2 Å². The van der Waals surface area contributed by atoms with E-state index in [-0.39, 0.29) is 23.5 Å². The first-order valence-electron chi connectivity index (χ1n) is 12.3. The minimum atomic E-state index is -0.308. The Morgan fingerprint density at radius 1 is 1.03 bits per heavy atom. The molecule has 0 bridgehead atoms. The van der Waals surface area contributed by atoms with E-state index < -0.39 is 0 Å². The van der Waals surface area contributed by atoms with Gasteiger partial charge in [0.1, 0.15) is 0 Å². The van der Waals surface area contributed by atoms with Crippen LogP contribution in [0.3, 0.4) is 0 Å². The third-order valence-corrected chi connectivity index (χ3v) is 5.97. The van der Waals surface area contributed by atoms with Crippen molar-refractivity contribution in [1.82, 2.24) is 4.90 Å². The highest BCUT2D eigenvalue weighted by Crippen LogP contribution is 2.27. The summed E-state index contributed by atoms with van der Waals surface area (Å²) in [6, 6.07) is 13.2. The van der Waals surface area contributed by atoms with Gasteiger partial charge in [0, 0.05) is 57.3 Å². The molecule has 0 aromatic heterocycles. The van der Waals surface area contributed by atoms with Gasteiger partial charge in [0.05, 0.1) is 6.10 Å². The fourth-order valence-corrected chi connectivity index (χ4v) is 4.22. The van der Waals surface area contributed by atoms with E-state index in [0.717, 1.165) is 42.0 Å². The number of benzene rings is 2. The fraction of sp³-hybridized carbons (Fsp3) is 0.500. The van der Waals surface area contributed by atoms with Gasteiger partial charge < -0.3 is 25.2 Å².